The first-order valence-corrected chi connectivity index (χ1v) is 9.86. The highest BCUT2D eigenvalue weighted by Gasteiger charge is 2.33. The molecule has 8 nitrogen and oxygen atoms in total. The van der Waals surface area contributed by atoms with Crippen LogP contribution in [0.5, 0.6) is 0 Å². The van der Waals surface area contributed by atoms with Crippen LogP contribution in [0.3, 0.4) is 0 Å². The molecular weight excluding hydrogens is 498 g/mol. The van der Waals surface area contributed by atoms with Gasteiger partial charge >= 0.3 is 11.9 Å². The smallest absolute Gasteiger partial charge is 0.339 e. The Labute approximate surface area is 180 Å². The molecule has 32 heavy (non-hydrogen) atoms. The average molecular weight is 506 g/mol. The molecule has 2 aromatic carbocycles. The van der Waals surface area contributed by atoms with Gasteiger partial charge in [0, 0.05) is 11.1 Å². The molecule has 0 radical (unpaired) electrons. The van der Waals surface area contributed by atoms with Gasteiger partial charge in [-0.3, -0.25) is 10.5 Å². The van der Waals surface area contributed by atoms with E-state index in [2.05, 4.69) is 9.78 Å². The second kappa shape index (κ2) is 10.4. The highest BCUT2D eigenvalue weighted by atomic mass is 33.1. The van der Waals surface area contributed by atoms with E-state index in [-0.39, 0.29) is 21.6 Å². The molecule has 4 N–H and O–H groups in total. The number of aromatic carboxylic acids is 2. The van der Waals surface area contributed by atoms with Gasteiger partial charge in [0.2, 0.25) is 0 Å². The van der Waals surface area contributed by atoms with Crippen molar-refractivity contribution in [3.8, 4) is 0 Å². The van der Waals surface area contributed by atoms with Crippen molar-refractivity contribution in [2.45, 2.75) is 23.0 Å². The van der Waals surface area contributed by atoms with Gasteiger partial charge < -0.3 is 10.2 Å². The van der Waals surface area contributed by atoms with E-state index in [4.69, 9.17) is 20.7 Å². The predicted octanol–water partition coefficient (Wildman–Crippen LogP) is 4.70. The molecule has 0 heterocycles. The van der Waals surface area contributed by atoms with E-state index in [1.807, 2.05) is 0 Å². The van der Waals surface area contributed by atoms with Gasteiger partial charge in [-0.25, -0.2) is 45.7 Å². The van der Waals surface area contributed by atoms with E-state index in [0.29, 0.717) is 0 Å². The van der Waals surface area contributed by atoms with Crippen LogP contribution in [0, 0.1) is 34.9 Å². The summed E-state index contributed by atoms with van der Waals surface area (Å²) in [7, 11) is -0.506. The summed E-state index contributed by atoms with van der Waals surface area (Å²) in [6.07, 6.45) is 0. The Morgan fingerprint density at radius 3 is 1.44 bits per heavy atom. The summed E-state index contributed by atoms with van der Waals surface area (Å²) in [6.45, 7) is -2.16. The van der Waals surface area contributed by atoms with Crippen molar-refractivity contribution in [2.24, 2.45) is 0 Å². The second-order valence-corrected chi connectivity index (χ2v) is 7.72. The lowest BCUT2D eigenvalue weighted by Crippen LogP contribution is -2.16. The summed E-state index contributed by atoms with van der Waals surface area (Å²) in [5, 5.41) is 34.8. The Morgan fingerprint density at radius 1 is 0.625 bits per heavy atom. The van der Waals surface area contributed by atoms with Gasteiger partial charge in [0.25, 0.3) is 0 Å². The van der Waals surface area contributed by atoms with Crippen LogP contribution in [0.1, 0.15) is 31.8 Å². The largest absolute Gasteiger partial charge is 0.478 e. The molecule has 0 atom stereocenters. The molecule has 0 aliphatic carbocycles. The first-order valence-electron chi connectivity index (χ1n) is 7.71. The maximum atomic E-state index is 14.6. The molecule has 0 amide bonds. The molecule has 0 spiro atoms. The van der Waals surface area contributed by atoms with Crippen LogP contribution in [0.4, 0.5) is 26.3 Å². The van der Waals surface area contributed by atoms with Crippen LogP contribution in [0.25, 0.3) is 0 Å². The predicted molar refractivity (Wildman–Crippen MR) is 93.1 cm³/mol. The molecular formula is C16H8F6O8S2. The summed E-state index contributed by atoms with van der Waals surface area (Å²) in [4.78, 5) is 26.7. The molecule has 0 aliphatic rings. The minimum absolute atomic E-state index is 0.221. The fourth-order valence-electron chi connectivity index (χ4n) is 2.43. The van der Waals surface area contributed by atoms with Gasteiger partial charge in [0.15, 0.2) is 29.1 Å². The van der Waals surface area contributed by atoms with Crippen LogP contribution < -0.4 is 0 Å². The Kier molecular flexibility index (Phi) is 8.38. The number of carbonyl (C=O) groups is 2. The molecule has 0 aliphatic heterocycles. The van der Waals surface area contributed by atoms with Gasteiger partial charge in [-0.2, -0.15) is 0 Å². The number of carboxylic acid groups (broad SMARTS) is 2. The van der Waals surface area contributed by atoms with Crippen molar-refractivity contribution < 1.29 is 66.4 Å². The van der Waals surface area contributed by atoms with Gasteiger partial charge in [0.1, 0.15) is 30.2 Å². The number of benzene rings is 2. The van der Waals surface area contributed by atoms with E-state index in [0.717, 1.165) is 0 Å². The number of rotatable bonds is 9. The lowest BCUT2D eigenvalue weighted by Gasteiger charge is -2.15. The Hall–Kier alpha value is -2.50. The third-order valence-electron chi connectivity index (χ3n) is 3.82. The molecule has 0 unspecified atom stereocenters. The van der Waals surface area contributed by atoms with E-state index < -0.39 is 92.1 Å². The van der Waals surface area contributed by atoms with Gasteiger partial charge in [-0.05, 0) is 21.6 Å². The first-order chi connectivity index (χ1) is 15.0. The van der Waals surface area contributed by atoms with Crippen LogP contribution in [-0.2, 0) is 23.0 Å². The van der Waals surface area contributed by atoms with E-state index in [9.17, 15) is 35.9 Å². The van der Waals surface area contributed by atoms with Gasteiger partial charge in [-0.1, -0.05) is 0 Å². The summed E-state index contributed by atoms with van der Waals surface area (Å²) >= 11 is 0. The molecule has 0 saturated heterocycles. The molecule has 0 bridgehead atoms. The topological polar surface area (TPSA) is 134 Å². The highest BCUT2D eigenvalue weighted by molar-refractivity contribution is 8.76. The van der Waals surface area contributed by atoms with E-state index >= 15 is 0 Å². The summed E-state index contributed by atoms with van der Waals surface area (Å²) in [5.41, 5.74) is -5.34. The molecule has 0 aromatic heterocycles. The number of halogens is 6. The number of hydrogen-bond donors (Lipinski definition) is 4. The maximum Gasteiger partial charge on any atom is 0.339 e. The number of hydrogen-bond acceptors (Lipinski definition) is 8. The zero-order chi connectivity index (χ0) is 24.3. The van der Waals surface area contributed by atoms with Gasteiger partial charge in [0.05, 0.1) is 9.79 Å². The third-order valence-corrected chi connectivity index (χ3v) is 6.20. The maximum absolute atomic E-state index is 14.6. The Bertz CT molecular complexity index is 1100. The van der Waals surface area contributed by atoms with Gasteiger partial charge in [-0.15, -0.1) is 0 Å². The van der Waals surface area contributed by atoms with Crippen LogP contribution >= 0.6 is 21.6 Å². The summed E-state index contributed by atoms with van der Waals surface area (Å²) < 4.78 is 85.9. The first kappa shape index (κ1) is 25.8. The zero-order valence-electron chi connectivity index (χ0n) is 14.9. The molecule has 0 fully saturated rings. The molecule has 16 heteroatoms. The molecule has 0 saturated carbocycles. The van der Waals surface area contributed by atoms with Crippen molar-refractivity contribution in [3.63, 3.8) is 0 Å². The van der Waals surface area contributed by atoms with E-state index in [1.54, 1.807) is 0 Å². The number of carboxylic acids is 2. The third kappa shape index (κ3) is 4.64. The summed E-state index contributed by atoms with van der Waals surface area (Å²) in [5.74, 6) is -16.4. The average Bonchev–Trinajstić information content (AvgIpc) is 2.72. The SMILES string of the molecule is O=C(O)c1c(F)c(F)c(SSc2c(F)c(F)c(COO)c(COO)c2F)c(F)c1C(=O)O. The lowest BCUT2D eigenvalue weighted by atomic mass is 10.1. The fraction of sp³-hybridized carbons (Fsp3) is 0.125. The quantitative estimate of drug-likeness (QED) is 0.125. The zero-order valence-corrected chi connectivity index (χ0v) is 16.6. The minimum atomic E-state index is -2.30. The van der Waals surface area contributed by atoms with Crippen molar-refractivity contribution in [3.05, 3.63) is 57.2 Å². The van der Waals surface area contributed by atoms with Crippen molar-refractivity contribution in [1.29, 1.82) is 0 Å². The highest BCUT2D eigenvalue weighted by Crippen LogP contribution is 2.45. The van der Waals surface area contributed by atoms with Crippen LogP contribution in [0.15, 0.2) is 9.79 Å². The van der Waals surface area contributed by atoms with Crippen LogP contribution in [-0.4, -0.2) is 32.7 Å². The normalized spacial score (nSPS) is 11.1. The second-order valence-electron chi connectivity index (χ2n) is 5.57. The minimum Gasteiger partial charge on any atom is -0.478 e. The lowest BCUT2D eigenvalue weighted by molar-refractivity contribution is -0.259. The molecule has 174 valence electrons. The van der Waals surface area contributed by atoms with Crippen molar-refractivity contribution in [2.75, 3.05) is 0 Å². The van der Waals surface area contributed by atoms with Crippen molar-refractivity contribution >= 4 is 33.5 Å². The molecule has 2 rings (SSSR count). The van der Waals surface area contributed by atoms with E-state index in [1.165, 1.54) is 0 Å². The molecule has 2 aromatic rings. The summed E-state index contributed by atoms with van der Waals surface area (Å²) in [6, 6.07) is 0. The Balaban J connectivity index is 2.62. The monoisotopic (exact) mass is 506 g/mol. The standard InChI is InChI=1S/C16H8F6O8S2/c17-7-3(1-29-27)4(2-30-28)8(18)13(11(7)21)31-32-14-10(20)6(16(25)26)5(15(23)24)9(19)12(14)22/h27-28H,1-2H2,(H,23,24)(H,25,26). The fourth-order valence-corrected chi connectivity index (χ4v) is 4.67. The Morgan fingerprint density at radius 2 is 1.00 bits per heavy atom. The van der Waals surface area contributed by atoms with Crippen LogP contribution in [0.2, 0.25) is 0 Å². The van der Waals surface area contributed by atoms with Crippen molar-refractivity contribution in [1.82, 2.24) is 0 Å².